The van der Waals surface area contributed by atoms with Crippen molar-refractivity contribution < 1.29 is 4.84 Å². The topological polar surface area (TPSA) is 54.5 Å². The number of hydrogen-bond acceptors (Lipinski definition) is 4. The van der Waals surface area contributed by atoms with E-state index in [1.165, 1.54) is 11.8 Å². The van der Waals surface area contributed by atoms with Crippen LogP contribution in [0.2, 0.25) is 5.02 Å². The second kappa shape index (κ2) is 6.86. The number of pyridine rings is 1. The molecule has 0 spiro atoms. The van der Waals surface area contributed by atoms with Crippen LogP contribution in [0.15, 0.2) is 87.6 Å². The molecule has 0 radical (unpaired) electrons. The third-order valence-electron chi connectivity index (χ3n) is 4.54. The number of hydrogen-bond donors (Lipinski definition) is 1. The number of nitrogens with zero attached hydrogens (tertiary/aromatic N) is 1. The van der Waals surface area contributed by atoms with Crippen molar-refractivity contribution in [2.45, 2.75) is 4.90 Å². The minimum atomic E-state index is -0.220. The molecule has 0 saturated carbocycles. The van der Waals surface area contributed by atoms with Crippen LogP contribution in [-0.4, -0.2) is 10.0 Å². The quantitative estimate of drug-likeness (QED) is 0.466. The largest absolute Gasteiger partial charge is 0.355 e. The first-order valence-corrected chi connectivity index (χ1v) is 9.83. The Morgan fingerprint density at radius 1 is 0.929 bits per heavy atom. The third kappa shape index (κ3) is 2.89. The predicted molar refractivity (Wildman–Crippen MR) is 114 cm³/mol. The van der Waals surface area contributed by atoms with Gasteiger partial charge in [-0.3, -0.25) is 4.79 Å². The molecule has 1 aliphatic rings. The molecule has 0 fully saturated rings. The zero-order valence-corrected chi connectivity index (χ0v) is 16.1. The molecular formula is C22H13ClN2O2S. The predicted octanol–water partition coefficient (Wildman–Crippen LogP) is 5.69. The fourth-order valence-electron chi connectivity index (χ4n) is 3.29. The van der Waals surface area contributed by atoms with Gasteiger partial charge in [0.2, 0.25) is 0 Å². The summed E-state index contributed by atoms with van der Waals surface area (Å²) in [4.78, 5) is 22.5. The lowest BCUT2D eigenvalue weighted by Gasteiger charge is -2.18. The molecule has 0 bridgehead atoms. The van der Waals surface area contributed by atoms with Gasteiger partial charge in [0.1, 0.15) is 0 Å². The Balaban J connectivity index is 1.81. The van der Waals surface area contributed by atoms with Crippen molar-refractivity contribution in [1.82, 2.24) is 4.98 Å². The van der Waals surface area contributed by atoms with Crippen LogP contribution in [0.25, 0.3) is 22.0 Å². The molecule has 1 aromatic heterocycles. The molecule has 0 saturated heterocycles. The summed E-state index contributed by atoms with van der Waals surface area (Å²) in [7, 11) is 0. The van der Waals surface area contributed by atoms with Gasteiger partial charge in [-0.25, -0.2) is 0 Å². The molecule has 5 rings (SSSR count). The Morgan fingerprint density at radius 2 is 1.71 bits per heavy atom. The van der Waals surface area contributed by atoms with Gasteiger partial charge in [-0.1, -0.05) is 71.0 Å². The number of para-hydroxylation sites is 1. The second-order valence-electron chi connectivity index (χ2n) is 6.30. The number of thioether (sulfide) groups is 1. The highest BCUT2D eigenvalue weighted by Crippen LogP contribution is 2.39. The summed E-state index contributed by atoms with van der Waals surface area (Å²) in [6.07, 6.45) is 0. The van der Waals surface area contributed by atoms with Crippen molar-refractivity contribution in [2.24, 2.45) is 5.16 Å². The van der Waals surface area contributed by atoms with Crippen molar-refractivity contribution in [3.63, 3.8) is 0 Å². The maximum Gasteiger partial charge on any atom is 0.259 e. The summed E-state index contributed by atoms with van der Waals surface area (Å²) in [5, 5.41) is 6.21. The molecule has 0 aliphatic carbocycles. The van der Waals surface area contributed by atoms with Gasteiger partial charge in [-0.15, -0.1) is 0 Å². The number of aromatic nitrogens is 1. The van der Waals surface area contributed by atoms with Crippen LogP contribution in [-0.2, 0) is 0 Å². The molecule has 0 amide bonds. The Hall–Kier alpha value is -3.02. The number of H-pyrrole nitrogens is 1. The fourth-order valence-corrected chi connectivity index (χ4v) is 4.40. The molecule has 0 atom stereocenters. The van der Waals surface area contributed by atoms with Gasteiger partial charge in [0, 0.05) is 21.5 Å². The molecule has 1 N–H and O–H groups in total. The molecular weight excluding hydrogens is 392 g/mol. The molecule has 136 valence electrons. The van der Waals surface area contributed by atoms with Gasteiger partial charge in [-0.2, -0.15) is 0 Å². The smallest absolute Gasteiger partial charge is 0.259 e. The minimum Gasteiger partial charge on any atom is -0.355 e. The fraction of sp³-hybridized carbons (Fsp3) is 0. The molecule has 3 aromatic carbocycles. The first kappa shape index (κ1) is 17.1. The van der Waals surface area contributed by atoms with Crippen molar-refractivity contribution in [1.29, 1.82) is 0 Å². The first-order valence-electron chi connectivity index (χ1n) is 8.64. The van der Waals surface area contributed by atoms with Crippen LogP contribution in [0.1, 0.15) is 5.56 Å². The van der Waals surface area contributed by atoms with Crippen LogP contribution in [0.3, 0.4) is 0 Å². The van der Waals surface area contributed by atoms with Crippen LogP contribution in [0, 0.1) is 0 Å². The van der Waals surface area contributed by atoms with Gasteiger partial charge in [0.25, 0.3) is 5.56 Å². The summed E-state index contributed by atoms with van der Waals surface area (Å²) in [6, 6.07) is 22.8. The first-order chi connectivity index (χ1) is 13.7. The number of oxime groups is 1. The Labute approximate surface area is 169 Å². The third-order valence-corrected chi connectivity index (χ3v) is 5.80. The molecule has 1 aliphatic heterocycles. The summed E-state index contributed by atoms with van der Waals surface area (Å²) in [5.41, 5.74) is 2.68. The monoisotopic (exact) mass is 404 g/mol. The van der Waals surface area contributed by atoms with Gasteiger partial charge < -0.3 is 9.82 Å². The lowest BCUT2D eigenvalue weighted by Crippen LogP contribution is -2.20. The summed E-state index contributed by atoms with van der Waals surface area (Å²) in [6.45, 7) is 0. The molecule has 6 heteroatoms. The highest BCUT2D eigenvalue weighted by molar-refractivity contribution is 8.14. The Morgan fingerprint density at radius 3 is 2.57 bits per heavy atom. The van der Waals surface area contributed by atoms with Crippen LogP contribution < -0.4 is 10.4 Å². The van der Waals surface area contributed by atoms with Crippen molar-refractivity contribution in [3.05, 3.63) is 93.7 Å². The van der Waals surface area contributed by atoms with Crippen molar-refractivity contribution in [2.75, 3.05) is 0 Å². The van der Waals surface area contributed by atoms with Crippen LogP contribution in [0.4, 0.5) is 0 Å². The normalized spacial score (nSPS) is 13.0. The summed E-state index contributed by atoms with van der Waals surface area (Å²) >= 11 is 7.69. The zero-order valence-electron chi connectivity index (χ0n) is 14.5. The van der Waals surface area contributed by atoms with Gasteiger partial charge in [-0.05, 0) is 35.9 Å². The minimum absolute atomic E-state index is 0.220. The van der Waals surface area contributed by atoms with E-state index in [4.69, 9.17) is 16.4 Å². The lowest BCUT2D eigenvalue weighted by molar-refractivity contribution is 0.332. The molecule has 4 nitrogen and oxygen atoms in total. The number of rotatable bonds is 2. The van der Waals surface area contributed by atoms with Gasteiger partial charge in [0.05, 0.1) is 10.5 Å². The average Bonchev–Trinajstić information content (AvgIpc) is 2.73. The van der Waals surface area contributed by atoms with E-state index < -0.39 is 0 Å². The summed E-state index contributed by atoms with van der Waals surface area (Å²) < 4.78 is 0. The molecule has 0 unspecified atom stereocenters. The van der Waals surface area contributed by atoms with E-state index in [0.29, 0.717) is 21.4 Å². The van der Waals surface area contributed by atoms with E-state index in [9.17, 15) is 4.79 Å². The number of benzene rings is 3. The number of fused-ring (bicyclic) bond motifs is 2. The van der Waals surface area contributed by atoms with Crippen LogP contribution >= 0.6 is 23.4 Å². The maximum absolute atomic E-state index is 13.1. The van der Waals surface area contributed by atoms with E-state index in [1.54, 1.807) is 6.07 Å². The number of aromatic amines is 1. The van der Waals surface area contributed by atoms with Gasteiger partial charge in [0.15, 0.2) is 10.8 Å². The lowest BCUT2D eigenvalue weighted by atomic mass is 9.96. The van der Waals surface area contributed by atoms with E-state index in [2.05, 4.69) is 10.1 Å². The summed E-state index contributed by atoms with van der Waals surface area (Å²) in [5.74, 6) is 0.678. The molecule has 2 heterocycles. The number of halogens is 1. The van der Waals surface area contributed by atoms with E-state index in [1.807, 2.05) is 66.7 Å². The SMILES string of the molecule is O=c1[nH]c2ccc(Cl)cc2c(-c2ccccc2)c1C1=NOc2ccccc2S1. The Bertz CT molecular complexity index is 1300. The number of nitrogens with one attached hydrogen (secondary N) is 1. The highest BCUT2D eigenvalue weighted by atomic mass is 35.5. The standard InChI is InChI=1S/C22H13ClN2O2S/c23-14-10-11-16-15(12-14)19(13-6-2-1-3-7-13)20(21(26)24-16)22-25-27-17-8-4-5-9-18(17)28-22/h1-12H,(H,24,26). The highest BCUT2D eigenvalue weighted by Gasteiger charge is 2.24. The Kier molecular flexibility index (Phi) is 4.19. The molecule has 4 aromatic rings. The van der Waals surface area contributed by atoms with Gasteiger partial charge >= 0.3 is 0 Å². The zero-order chi connectivity index (χ0) is 19.1. The molecule has 28 heavy (non-hydrogen) atoms. The second-order valence-corrected chi connectivity index (χ2v) is 7.76. The van der Waals surface area contributed by atoms with E-state index >= 15 is 0 Å². The van der Waals surface area contributed by atoms with E-state index in [0.717, 1.165) is 26.9 Å². The van der Waals surface area contributed by atoms with E-state index in [-0.39, 0.29) is 5.56 Å². The van der Waals surface area contributed by atoms with Crippen molar-refractivity contribution in [3.8, 4) is 16.9 Å². The average molecular weight is 405 g/mol. The van der Waals surface area contributed by atoms with Crippen LogP contribution in [0.5, 0.6) is 5.75 Å². The maximum atomic E-state index is 13.1. The van der Waals surface area contributed by atoms with Crippen molar-refractivity contribution >= 4 is 39.3 Å².